The van der Waals surface area contributed by atoms with E-state index in [4.69, 9.17) is 11.6 Å². The van der Waals surface area contributed by atoms with Crippen LogP contribution >= 0.6 is 11.6 Å². The summed E-state index contributed by atoms with van der Waals surface area (Å²) in [5.74, 6) is -1.72. The fourth-order valence-electron chi connectivity index (χ4n) is 2.97. The number of imide groups is 1. The Morgan fingerprint density at radius 2 is 2.04 bits per heavy atom. The molecule has 24 heavy (non-hydrogen) atoms. The number of fused-ring (bicyclic) bond motifs is 1. The van der Waals surface area contributed by atoms with Crippen molar-refractivity contribution >= 4 is 39.2 Å². The van der Waals surface area contributed by atoms with Crippen LogP contribution in [-0.2, 0) is 14.6 Å². The Morgan fingerprint density at radius 3 is 2.62 bits per heavy atom. The fourth-order valence-corrected chi connectivity index (χ4v) is 5.00. The van der Waals surface area contributed by atoms with E-state index in [1.54, 1.807) is 6.07 Å². The van der Waals surface area contributed by atoms with Gasteiger partial charge in [0.25, 0.3) is 11.8 Å². The molecule has 9 heteroatoms. The van der Waals surface area contributed by atoms with Crippen LogP contribution in [-0.4, -0.2) is 67.1 Å². The lowest BCUT2D eigenvalue weighted by molar-refractivity contribution is -0.131. The molecular formula is C15H15ClN2O5S. The number of sulfone groups is 1. The molecular weight excluding hydrogens is 356 g/mol. The van der Waals surface area contributed by atoms with Gasteiger partial charge < -0.3 is 4.90 Å². The molecule has 2 aliphatic rings. The Balaban J connectivity index is 1.75. The summed E-state index contributed by atoms with van der Waals surface area (Å²) in [5.41, 5.74) is 0.273. The summed E-state index contributed by atoms with van der Waals surface area (Å²) in [5, 5.41) is 0.163. The predicted molar refractivity (Wildman–Crippen MR) is 86.6 cm³/mol. The molecule has 0 aromatic heterocycles. The standard InChI is InChI=1S/C15H15ClN2O5S/c1-17(9-5-6-24(22,23)8-9)12(19)7-18-14(20)10-3-2-4-11(16)13(10)15(18)21/h2-4,9H,5-8H2,1H3. The van der Waals surface area contributed by atoms with Gasteiger partial charge in [-0.1, -0.05) is 17.7 Å². The number of halogens is 1. The van der Waals surface area contributed by atoms with Crippen molar-refractivity contribution in [1.29, 1.82) is 0 Å². The molecule has 3 amide bonds. The molecule has 0 bridgehead atoms. The zero-order valence-corrected chi connectivity index (χ0v) is 14.4. The van der Waals surface area contributed by atoms with Crippen LogP contribution in [0.3, 0.4) is 0 Å². The van der Waals surface area contributed by atoms with Crippen LogP contribution in [0, 0.1) is 0 Å². The van der Waals surface area contributed by atoms with Crippen molar-refractivity contribution in [2.45, 2.75) is 12.5 Å². The van der Waals surface area contributed by atoms with E-state index in [9.17, 15) is 22.8 Å². The first kappa shape index (κ1) is 16.9. The monoisotopic (exact) mass is 370 g/mol. The van der Waals surface area contributed by atoms with Crippen molar-refractivity contribution in [3.8, 4) is 0 Å². The first-order chi connectivity index (χ1) is 11.2. The third-order valence-corrected chi connectivity index (χ3v) is 6.46. The number of hydrogen-bond donors (Lipinski definition) is 0. The lowest BCUT2D eigenvalue weighted by atomic mass is 10.1. The first-order valence-electron chi connectivity index (χ1n) is 7.32. The van der Waals surface area contributed by atoms with E-state index in [1.807, 2.05) is 0 Å². The zero-order valence-electron chi connectivity index (χ0n) is 12.9. The van der Waals surface area contributed by atoms with Crippen LogP contribution in [0.15, 0.2) is 18.2 Å². The lowest BCUT2D eigenvalue weighted by Gasteiger charge is -2.25. The van der Waals surface area contributed by atoms with Crippen LogP contribution in [0.25, 0.3) is 0 Å². The van der Waals surface area contributed by atoms with Gasteiger partial charge in [-0.2, -0.15) is 0 Å². The molecule has 1 atom stereocenters. The van der Waals surface area contributed by atoms with Crippen molar-refractivity contribution in [3.05, 3.63) is 34.3 Å². The molecule has 1 aromatic rings. The van der Waals surface area contributed by atoms with Crippen molar-refractivity contribution < 1.29 is 22.8 Å². The molecule has 0 saturated carbocycles. The first-order valence-corrected chi connectivity index (χ1v) is 9.52. The highest BCUT2D eigenvalue weighted by Gasteiger charge is 2.40. The predicted octanol–water partition coefficient (Wildman–Crippen LogP) is 0.581. The summed E-state index contributed by atoms with van der Waals surface area (Å²) < 4.78 is 23.1. The minimum atomic E-state index is -3.13. The molecule has 7 nitrogen and oxygen atoms in total. The Kier molecular flexibility index (Phi) is 4.13. The number of benzene rings is 1. The molecule has 1 saturated heterocycles. The highest BCUT2D eigenvalue weighted by atomic mass is 35.5. The molecule has 3 rings (SSSR count). The Bertz CT molecular complexity index is 851. The Morgan fingerprint density at radius 1 is 1.33 bits per heavy atom. The van der Waals surface area contributed by atoms with E-state index in [1.165, 1.54) is 24.1 Å². The van der Waals surface area contributed by atoms with E-state index in [0.29, 0.717) is 6.42 Å². The minimum Gasteiger partial charge on any atom is -0.340 e. The van der Waals surface area contributed by atoms with Crippen LogP contribution < -0.4 is 0 Å². The van der Waals surface area contributed by atoms with Gasteiger partial charge >= 0.3 is 0 Å². The van der Waals surface area contributed by atoms with Gasteiger partial charge in [-0.25, -0.2) is 8.42 Å². The summed E-state index contributed by atoms with van der Waals surface area (Å²) in [6.45, 7) is -0.435. The van der Waals surface area contributed by atoms with E-state index in [-0.39, 0.29) is 27.7 Å². The molecule has 0 N–H and O–H groups in total. The SMILES string of the molecule is CN(C(=O)CN1C(=O)c2cccc(Cl)c2C1=O)C1CCS(=O)(=O)C1. The number of carbonyl (C=O) groups is 3. The highest BCUT2D eigenvalue weighted by molar-refractivity contribution is 7.91. The van der Waals surface area contributed by atoms with Gasteiger partial charge in [-0.05, 0) is 18.6 Å². The number of nitrogens with zero attached hydrogens (tertiary/aromatic N) is 2. The maximum absolute atomic E-state index is 12.4. The fraction of sp³-hybridized carbons (Fsp3) is 0.400. The van der Waals surface area contributed by atoms with E-state index < -0.39 is 40.1 Å². The largest absolute Gasteiger partial charge is 0.340 e. The summed E-state index contributed by atoms with van der Waals surface area (Å²) in [7, 11) is -1.65. The molecule has 1 aromatic carbocycles. The van der Waals surface area contributed by atoms with Crippen LogP contribution in [0.1, 0.15) is 27.1 Å². The van der Waals surface area contributed by atoms with Gasteiger partial charge in [0, 0.05) is 13.1 Å². The zero-order chi connectivity index (χ0) is 17.6. The molecule has 2 heterocycles. The normalized spacial score (nSPS) is 21.9. The smallest absolute Gasteiger partial charge is 0.263 e. The van der Waals surface area contributed by atoms with Crippen molar-refractivity contribution in [2.75, 3.05) is 25.1 Å². The Hall–Kier alpha value is -1.93. The molecule has 1 fully saturated rings. The van der Waals surface area contributed by atoms with Gasteiger partial charge in [-0.3, -0.25) is 19.3 Å². The summed E-state index contributed by atoms with van der Waals surface area (Å²) >= 11 is 5.97. The minimum absolute atomic E-state index is 0.0396. The summed E-state index contributed by atoms with van der Waals surface area (Å²) in [6.07, 6.45) is 0.360. The van der Waals surface area contributed by atoms with E-state index >= 15 is 0 Å². The van der Waals surface area contributed by atoms with Crippen molar-refractivity contribution in [1.82, 2.24) is 9.80 Å². The maximum atomic E-state index is 12.4. The highest BCUT2D eigenvalue weighted by Crippen LogP contribution is 2.29. The van der Waals surface area contributed by atoms with Gasteiger partial charge in [-0.15, -0.1) is 0 Å². The van der Waals surface area contributed by atoms with E-state index in [0.717, 1.165) is 4.90 Å². The Labute approximate surface area is 144 Å². The van der Waals surface area contributed by atoms with Gasteiger partial charge in [0.1, 0.15) is 6.54 Å². The van der Waals surface area contributed by atoms with Crippen molar-refractivity contribution in [2.24, 2.45) is 0 Å². The molecule has 0 radical (unpaired) electrons. The van der Waals surface area contributed by atoms with E-state index in [2.05, 4.69) is 0 Å². The number of amides is 3. The topological polar surface area (TPSA) is 91.8 Å². The third kappa shape index (κ3) is 2.80. The number of carbonyl (C=O) groups excluding carboxylic acids is 3. The maximum Gasteiger partial charge on any atom is 0.263 e. The van der Waals surface area contributed by atoms with Crippen LogP contribution in [0.4, 0.5) is 0 Å². The van der Waals surface area contributed by atoms with Crippen LogP contribution in [0.5, 0.6) is 0 Å². The molecule has 0 aliphatic carbocycles. The third-order valence-electron chi connectivity index (χ3n) is 4.39. The number of hydrogen-bond acceptors (Lipinski definition) is 5. The summed E-state index contributed by atoms with van der Waals surface area (Å²) in [6, 6.07) is 4.12. The molecule has 0 spiro atoms. The molecule has 1 unspecified atom stereocenters. The summed E-state index contributed by atoms with van der Waals surface area (Å²) in [4.78, 5) is 39.2. The average molecular weight is 371 g/mol. The van der Waals surface area contributed by atoms with Gasteiger partial charge in [0.15, 0.2) is 9.84 Å². The number of rotatable bonds is 3. The van der Waals surface area contributed by atoms with Gasteiger partial charge in [0.05, 0.1) is 27.7 Å². The lowest BCUT2D eigenvalue weighted by Crippen LogP contribution is -2.45. The molecule has 2 aliphatic heterocycles. The van der Waals surface area contributed by atoms with Gasteiger partial charge in [0.2, 0.25) is 5.91 Å². The van der Waals surface area contributed by atoms with Crippen LogP contribution in [0.2, 0.25) is 5.02 Å². The van der Waals surface area contributed by atoms with Crippen molar-refractivity contribution in [3.63, 3.8) is 0 Å². The quantitative estimate of drug-likeness (QED) is 0.726. The number of likely N-dealkylation sites (N-methyl/N-ethyl adjacent to an activating group) is 1. The second kappa shape index (κ2) is 5.86. The second-order valence-electron chi connectivity index (χ2n) is 5.92. The molecule has 128 valence electrons. The second-order valence-corrected chi connectivity index (χ2v) is 8.56. The average Bonchev–Trinajstić information content (AvgIpc) is 3.00.